The third-order valence-electron chi connectivity index (χ3n) is 3.01. The molecule has 0 aromatic carbocycles. The van der Waals surface area contributed by atoms with Gasteiger partial charge in [-0.05, 0) is 18.6 Å². The number of furan rings is 1. The minimum absolute atomic E-state index is 0.0298. The molecule has 14 heavy (non-hydrogen) atoms. The van der Waals surface area contributed by atoms with E-state index < -0.39 is 0 Å². The van der Waals surface area contributed by atoms with Gasteiger partial charge in [0, 0.05) is 17.9 Å². The summed E-state index contributed by atoms with van der Waals surface area (Å²) in [5.41, 5.74) is 5.79. The van der Waals surface area contributed by atoms with Crippen LogP contribution in [0.25, 0.3) is 0 Å². The Hall–Kier alpha value is -0.800. The van der Waals surface area contributed by atoms with E-state index in [1.54, 1.807) is 6.26 Å². The molecular weight excluding hydrogens is 178 g/mol. The molecule has 0 radical (unpaired) electrons. The lowest BCUT2D eigenvalue weighted by molar-refractivity contribution is -0.0454. The van der Waals surface area contributed by atoms with E-state index in [4.69, 9.17) is 14.9 Å². The first kappa shape index (κ1) is 9.74. The van der Waals surface area contributed by atoms with Gasteiger partial charge in [0.2, 0.25) is 0 Å². The van der Waals surface area contributed by atoms with E-state index in [1.165, 1.54) is 0 Å². The van der Waals surface area contributed by atoms with Crippen LogP contribution in [-0.2, 0) is 10.2 Å². The molecule has 0 saturated carbocycles. The molecule has 1 atom stereocenters. The van der Waals surface area contributed by atoms with Gasteiger partial charge in [0.15, 0.2) is 0 Å². The van der Waals surface area contributed by atoms with Crippen molar-refractivity contribution in [1.29, 1.82) is 0 Å². The quantitative estimate of drug-likeness (QED) is 0.792. The number of ether oxygens (including phenoxy) is 1. The molecule has 1 aliphatic heterocycles. The summed E-state index contributed by atoms with van der Waals surface area (Å²) in [7, 11) is 0. The topological polar surface area (TPSA) is 48.4 Å². The summed E-state index contributed by atoms with van der Waals surface area (Å²) in [4.78, 5) is 0. The van der Waals surface area contributed by atoms with Crippen molar-refractivity contribution in [3.63, 3.8) is 0 Å². The smallest absolute Gasteiger partial charge is 0.110 e. The summed E-state index contributed by atoms with van der Waals surface area (Å²) in [6.07, 6.45) is 2.76. The molecule has 0 aliphatic carbocycles. The maximum atomic E-state index is 5.82. The number of nitrogens with two attached hydrogens (primary N) is 1. The zero-order chi connectivity index (χ0) is 10.0. The van der Waals surface area contributed by atoms with Crippen molar-refractivity contribution in [2.24, 2.45) is 11.7 Å². The molecule has 3 heteroatoms. The standard InChI is InChI=1S/C11H17NO2/c1-11(8-12,5-9-6-13-7-9)10-3-2-4-14-10/h2-4,9H,5-8,12H2,1H3. The molecule has 2 N–H and O–H groups in total. The maximum absolute atomic E-state index is 5.82. The monoisotopic (exact) mass is 195 g/mol. The van der Waals surface area contributed by atoms with Crippen molar-refractivity contribution in [1.82, 2.24) is 0 Å². The normalized spacial score (nSPS) is 21.6. The highest BCUT2D eigenvalue weighted by atomic mass is 16.5. The molecule has 78 valence electrons. The maximum Gasteiger partial charge on any atom is 0.110 e. The first-order valence-electron chi connectivity index (χ1n) is 5.06. The van der Waals surface area contributed by atoms with Gasteiger partial charge in [-0.25, -0.2) is 0 Å². The van der Waals surface area contributed by atoms with Crippen LogP contribution in [-0.4, -0.2) is 19.8 Å². The van der Waals surface area contributed by atoms with Gasteiger partial charge in [-0.15, -0.1) is 0 Å². The molecule has 3 nitrogen and oxygen atoms in total. The van der Waals surface area contributed by atoms with Crippen molar-refractivity contribution < 1.29 is 9.15 Å². The molecule has 1 saturated heterocycles. The van der Waals surface area contributed by atoms with Crippen molar-refractivity contribution in [3.05, 3.63) is 24.2 Å². The van der Waals surface area contributed by atoms with Gasteiger partial charge in [-0.2, -0.15) is 0 Å². The third kappa shape index (κ3) is 1.70. The lowest BCUT2D eigenvalue weighted by Crippen LogP contribution is -2.39. The SMILES string of the molecule is CC(CN)(CC1COC1)c1ccco1. The van der Waals surface area contributed by atoms with Gasteiger partial charge in [-0.3, -0.25) is 0 Å². The molecule has 0 spiro atoms. The first-order chi connectivity index (χ1) is 6.74. The van der Waals surface area contributed by atoms with Gasteiger partial charge in [-0.1, -0.05) is 6.92 Å². The average molecular weight is 195 g/mol. The second-order valence-electron chi connectivity index (χ2n) is 4.35. The highest BCUT2D eigenvalue weighted by Crippen LogP contribution is 2.32. The Kier molecular flexibility index (Phi) is 2.61. The predicted octanol–water partition coefficient (Wildman–Crippen LogP) is 1.53. The Morgan fingerprint density at radius 3 is 2.79 bits per heavy atom. The fraction of sp³-hybridized carbons (Fsp3) is 0.636. The highest BCUT2D eigenvalue weighted by molar-refractivity contribution is 5.13. The molecule has 1 unspecified atom stereocenters. The minimum atomic E-state index is -0.0298. The van der Waals surface area contributed by atoms with Crippen LogP contribution in [0.2, 0.25) is 0 Å². The van der Waals surface area contributed by atoms with Crippen LogP contribution in [0, 0.1) is 5.92 Å². The number of hydrogen-bond acceptors (Lipinski definition) is 3. The third-order valence-corrected chi connectivity index (χ3v) is 3.01. The number of hydrogen-bond donors (Lipinski definition) is 1. The Balaban J connectivity index is 2.08. The largest absolute Gasteiger partial charge is 0.469 e. The molecular formula is C11H17NO2. The molecule has 2 heterocycles. The van der Waals surface area contributed by atoms with Crippen molar-refractivity contribution in [3.8, 4) is 0 Å². The molecule has 1 aromatic rings. The molecule has 1 aliphatic rings. The number of rotatable bonds is 4. The molecule has 1 aromatic heterocycles. The summed E-state index contributed by atoms with van der Waals surface area (Å²) >= 11 is 0. The van der Waals surface area contributed by atoms with Crippen LogP contribution >= 0.6 is 0 Å². The minimum Gasteiger partial charge on any atom is -0.469 e. The fourth-order valence-corrected chi connectivity index (χ4v) is 1.95. The van der Waals surface area contributed by atoms with Crippen molar-refractivity contribution >= 4 is 0 Å². The lowest BCUT2D eigenvalue weighted by atomic mass is 9.78. The van der Waals surface area contributed by atoms with E-state index in [2.05, 4.69) is 6.92 Å². The van der Waals surface area contributed by atoms with E-state index in [1.807, 2.05) is 12.1 Å². The second kappa shape index (κ2) is 3.75. The second-order valence-corrected chi connectivity index (χ2v) is 4.35. The van der Waals surface area contributed by atoms with Gasteiger partial charge >= 0.3 is 0 Å². The predicted molar refractivity (Wildman–Crippen MR) is 54.0 cm³/mol. The van der Waals surface area contributed by atoms with E-state index in [0.29, 0.717) is 12.5 Å². The van der Waals surface area contributed by atoms with Gasteiger partial charge in [0.05, 0.1) is 19.5 Å². The average Bonchev–Trinajstić information content (AvgIpc) is 2.64. The van der Waals surface area contributed by atoms with E-state index in [0.717, 1.165) is 25.4 Å². The van der Waals surface area contributed by atoms with Gasteiger partial charge in [0.1, 0.15) is 5.76 Å². The van der Waals surface area contributed by atoms with Gasteiger partial charge in [0.25, 0.3) is 0 Å². The fourth-order valence-electron chi connectivity index (χ4n) is 1.95. The zero-order valence-electron chi connectivity index (χ0n) is 8.53. The van der Waals surface area contributed by atoms with E-state index in [9.17, 15) is 0 Å². The Morgan fingerprint density at radius 1 is 1.57 bits per heavy atom. The van der Waals surface area contributed by atoms with E-state index >= 15 is 0 Å². The Bertz CT molecular complexity index is 279. The molecule has 0 amide bonds. The van der Waals surface area contributed by atoms with Crippen molar-refractivity contribution in [2.75, 3.05) is 19.8 Å². The molecule has 0 bridgehead atoms. The molecule has 2 rings (SSSR count). The summed E-state index contributed by atoms with van der Waals surface area (Å²) in [6.45, 7) is 4.52. The van der Waals surface area contributed by atoms with Crippen LogP contribution in [0.4, 0.5) is 0 Å². The Morgan fingerprint density at radius 2 is 2.36 bits per heavy atom. The van der Waals surface area contributed by atoms with Crippen LogP contribution in [0.1, 0.15) is 19.1 Å². The lowest BCUT2D eigenvalue weighted by Gasteiger charge is -2.34. The van der Waals surface area contributed by atoms with Crippen LogP contribution in [0.5, 0.6) is 0 Å². The zero-order valence-corrected chi connectivity index (χ0v) is 8.53. The summed E-state index contributed by atoms with van der Waals surface area (Å²) < 4.78 is 10.6. The summed E-state index contributed by atoms with van der Waals surface area (Å²) in [6, 6.07) is 3.92. The van der Waals surface area contributed by atoms with E-state index in [-0.39, 0.29) is 5.41 Å². The van der Waals surface area contributed by atoms with Crippen LogP contribution in [0.15, 0.2) is 22.8 Å². The summed E-state index contributed by atoms with van der Waals surface area (Å²) in [5, 5.41) is 0. The molecule has 1 fully saturated rings. The summed E-state index contributed by atoms with van der Waals surface area (Å²) in [5.74, 6) is 1.64. The Labute approximate surface area is 84.2 Å². The first-order valence-corrected chi connectivity index (χ1v) is 5.06. The van der Waals surface area contributed by atoms with Crippen LogP contribution < -0.4 is 5.73 Å². The van der Waals surface area contributed by atoms with Gasteiger partial charge < -0.3 is 14.9 Å². The highest BCUT2D eigenvalue weighted by Gasteiger charge is 2.34. The van der Waals surface area contributed by atoms with Crippen molar-refractivity contribution in [2.45, 2.75) is 18.8 Å². The van der Waals surface area contributed by atoms with Crippen LogP contribution in [0.3, 0.4) is 0 Å².